The van der Waals surface area contributed by atoms with Crippen LogP contribution in [0.3, 0.4) is 0 Å². The molecule has 146 valence electrons. The largest absolute Gasteiger partial charge is 0.461 e. The van der Waals surface area contributed by atoms with Crippen LogP contribution >= 0.6 is 23.2 Å². The zero-order chi connectivity index (χ0) is 20.3. The summed E-state index contributed by atoms with van der Waals surface area (Å²) in [6.45, 7) is 2.29. The van der Waals surface area contributed by atoms with Gasteiger partial charge < -0.3 is 10.1 Å². The normalized spacial score (nSPS) is 10.7. The summed E-state index contributed by atoms with van der Waals surface area (Å²) in [4.78, 5) is 24.2. The SMILES string of the molecule is CCOC(=O)c1cc(C(=O)Nc2ccn(Cc3c(Cl)cccc3Cl)n2)nn1C. The molecule has 28 heavy (non-hydrogen) atoms. The van der Waals surface area contributed by atoms with E-state index in [4.69, 9.17) is 27.9 Å². The van der Waals surface area contributed by atoms with Crippen molar-refractivity contribution in [1.82, 2.24) is 19.6 Å². The topological polar surface area (TPSA) is 91.0 Å². The number of carbonyl (C=O) groups excluding carboxylic acids is 2. The maximum atomic E-state index is 12.4. The Labute approximate surface area is 171 Å². The van der Waals surface area contributed by atoms with Crippen molar-refractivity contribution in [2.45, 2.75) is 13.5 Å². The lowest BCUT2D eigenvalue weighted by atomic mass is 10.2. The van der Waals surface area contributed by atoms with Crippen molar-refractivity contribution in [3.05, 3.63) is 63.5 Å². The lowest BCUT2D eigenvalue weighted by Crippen LogP contribution is -2.14. The maximum absolute atomic E-state index is 12.4. The second kappa shape index (κ2) is 8.45. The van der Waals surface area contributed by atoms with Gasteiger partial charge in [0, 0.05) is 41.0 Å². The van der Waals surface area contributed by atoms with Gasteiger partial charge in [-0.2, -0.15) is 10.2 Å². The van der Waals surface area contributed by atoms with E-state index >= 15 is 0 Å². The molecule has 1 N–H and O–H groups in total. The van der Waals surface area contributed by atoms with Gasteiger partial charge in [-0.25, -0.2) is 4.79 Å². The monoisotopic (exact) mass is 421 g/mol. The number of amides is 1. The molecule has 2 heterocycles. The molecule has 0 fully saturated rings. The maximum Gasteiger partial charge on any atom is 0.356 e. The summed E-state index contributed by atoms with van der Waals surface area (Å²) in [5.41, 5.74) is 0.996. The van der Waals surface area contributed by atoms with E-state index in [-0.39, 0.29) is 18.0 Å². The van der Waals surface area contributed by atoms with Crippen molar-refractivity contribution < 1.29 is 14.3 Å². The van der Waals surface area contributed by atoms with Gasteiger partial charge in [0.15, 0.2) is 11.5 Å². The number of carbonyl (C=O) groups is 2. The van der Waals surface area contributed by atoms with Crippen LogP contribution in [0.2, 0.25) is 10.0 Å². The molecular weight excluding hydrogens is 405 g/mol. The third kappa shape index (κ3) is 4.35. The number of rotatable bonds is 6. The summed E-state index contributed by atoms with van der Waals surface area (Å²) in [5, 5.41) is 12.0. The fourth-order valence-electron chi connectivity index (χ4n) is 2.52. The smallest absolute Gasteiger partial charge is 0.356 e. The molecule has 1 aromatic carbocycles. The molecule has 0 saturated heterocycles. The van der Waals surface area contributed by atoms with Crippen LogP contribution in [0.4, 0.5) is 5.82 Å². The van der Waals surface area contributed by atoms with Gasteiger partial charge in [-0.15, -0.1) is 0 Å². The molecule has 0 aliphatic rings. The number of hydrogen-bond donors (Lipinski definition) is 1. The molecule has 0 spiro atoms. The number of ether oxygens (including phenoxy) is 1. The minimum absolute atomic E-state index is 0.0780. The van der Waals surface area contributed by atoms with Gasteiger partial charge in [-0.1, -0.05) is 29.3 Å². The number of nitrogens with zero attached hydrogens (tertiary/aromatic N) is 4. The molecule has 8 nitrogen and oxygen atoms in total. The number of hydrogen-bond acceptors (Lipinski definition) is 5. The Morgan fingerprint density at radius 2 is 1.89 bits per heavy atom. The highest BCUT2D eigenvalue weighted by atomic mass is 35.5. The third-order valence-corrected chi connectivity index (χ3v) is 4.57. The molecule has 0 aliphatic carbocycles. The molecule has 0 atom stereocenters. The summed E-state index contributed by atoms with van der Waals surface area (Å²) in [7, 11) is 1.56. The van der Waals surface area contributed by atoms with E-state index in [0.717, 1.165) is 5.56 Å². The molecule has 0 radical (unpaired) electrons. The second-order valence-electron chi connectivity index (χ2n) is 5.81. The Bertz CT molecular complexity index is 1010. The average molecular weight is 422 g/mol. The summed E-state index contributed by atoms with van der Waals surface area (Å²) in [6, 6.07) is 8.26. The van der Waals surface area contributed by atoms with Crippen LogP contribution in [0, 0.1) is 0 Å². The molecule has 0 bridgehead atoms. The van der Waals surface area contributed by atoms with Gasteiger partial charge in [0.05, 0.1) is 13.2 Å². The Kier molecular flexibility index (Phi) is 6.01. The summed E-state index contributed by atoms with van der Waals surface area (Å²) in [6.07, 6.45) is 1.69. The zero-order valence-electron chi connectivity index (χ0n) is 15.1. The Hall–Kier alpha value is -2.84. The predicted octanol–water partition coefficient (Wildman–Crippen LogP) is 3.40. The highest BCUT2D eigenvalue weighted by molar-refractivity contribution is 6.35. The molecule has 3 rings (SSSR count). The van der Waals surface area contributed by atoms with Crippen molar-refractivity contribution in [2.24, 2.45) is 7.05 Å². The lowest BCUT2D eigenvalue weighted by molar-refractivity contribution is 0.0513. The number of esters is 1. The minimum Gasteiger partial charge on any atom is -0.461 e. The summed E-state index contributed by atoms with van der Waals surface area (Å²) >= 11 is 12.3. The zero-order valence-corrected chi connectivity index (χ0v) is 16.7. The van der Waals surface area contributed by atoms with Crippen LogP contribution in [-0.2, 0) is 18.3 Å². The molecular formula is C18H17Cl2N5O3. The van der Waals surface area contributed by atoms with Gasteiger partial charge in [0.2, 0.25) is 0 Å². The number of halogens is 2. The van der Waals surface area contributed by atoms with Crippen LogP contribution in [-0.4, -0.2) is 38.0 Å². The first-order valence-corrected chi connectivity index (χ1v) is 9.13. The van der Waals surface area contributed by atoms with Crippen molar-refractivity contribution in [3.63, 3.8) is 0 Å². The Morgan fingerprint density at radius 1 is 1.18 bits per heavy atom. The van der Waals surface area contributed by atoms with Gasteiger partial charge in [-0.05, 0) is 19.1 Å². The van der Waals surface area contributed by atoms with Crippen molar-refractivity contribution in [1.29, 1.82) is 0 Å². The fourth-order valence-corrected chi connectivity index (χ4v) is 3.03. The van der Waals surface area contributed by atoms with E-state index in [9.17, 15) is 9.59 Å². The molecule has 10 heteroatoms. The quantitative estimate of drug-likeness (QED) is 0.615. The van der Waals surface area contributed by atoms with Gasteiger partial charge in [0.25, 0.3) is 5.91 Å². The molecule has 0 saturated carbocycles. The highest BCUT2D eigenvalue weighted by Gasteiger charge is 2.19. The molecule has 0 unspecified atom stereocenters. The van der Waals surface area contributed by atoms with Crippen molar-refractivity contribution >= 4 is 40.9 Å². The number of benzene rings is 1. The van der Waals surface area contributed by atoms with Crippen LogP contribution in [0.25, 0.3) is 0 Å². The highest BCUT2D eigenvalue weighted by Crippen LogP contribution is 2.25. The van der Waals surface area contributed by atoms with Gasteiger partial charge >= 0.3 is 5.97 Å². The minimum atomic E-state index is -0.544. The molecule has 0 aliphatic heterocycles. The standard InChI is InChI=1S/C18H17Cl2N5O3/c1-3-28-18(27)15-9-14(22-24(15)2)17(26)21-16-7-8-25(23-16)10-11-12(19)5-4-6-13(11)20/h4-9H,3,10H2,1-2H3,(H,21,23,26). The summed E-state index contributed by atoms with van der Waals surface area (Å²) in [5.74, 6) is -0.707. The van der Waals surface area contributed by atoms with Crippen molar-refractivity contribution in [3.8, 4) is 0 Å². The number of aromatic nitrogens is 4. The first-order valence-electron chi connectivity index (χ1n) is 8.38. The molecule has 2 aromatic heterocycles. The van der Waals surface area contributed by atoms with E-state index < -0.39 is 11.9 Å². The van der Waals surface area contributed by atoms with E-state index in [2.05, 4.69) is 15.5 Å². The van der Waals surface area contributed by atoms with Gasteiger partial charge in [0.1, 0.15) is 5.69 Å². The van der Waals surface area contributed by atoms with E-state index in [1.165, 1.54) is 10.7 Å². The van der Waals surface area contributed by atoms with E-state index in [0.29, 0.717) is 22.4 Å². The predicted molar refractivity (Wildman–Crippen MR) is 105 cm³/mol. The van der Waals surface area contributed by atoms with E-state index in [1.54, 1.807) is 49.1 Å². The molecule has 3 aromatic rings. The van der Waals surface area contributed by atoms with Crippen LogP contribution in [0.5, 0.6) is 0 Å². The van der Waals surface area contributed by atoms with Crippen LogP contribution in [0.15, 0.2) is 36.5 Å². The number of nitrogens with one attached hydrogen (secondary N) is 1. The fraction of sp³-hybridized carbons (Fsp3) is 0.222. The average Bonchev–Trinajstić information content (AvgIpc) is 3.25. The first kappa shape index (κ1) is 19.9. The van der Waals surface area contributed by atoms with Gasteiger partial charge in [-0.3, -0.25) is 14.2 Å². The van der Waals surface area contributed by atoms with Crippen LogP contribution in [0.1, 0.15) is 33.5 Å². The second-order valence-corrected chi connectivity index (χ2v) is 6.63. The lowest BCUT2D eigenvalue weighted by Gasteiger charge is -2.06. The van der Waals surface area contributed by atoms with Crippen LogP contribution < -0.4 is 5.32 Å². The van der Waals surface area contributed by atoms with E-state index in [1.807, 2.05) is 0 Å². The third-order valence-electron chi connectivity index (χ3n) is 3.86. The number of anilines is 1. The first-order chi connectivity index (χ1) is 13.4. The Morgan fingerprint density at radius 3 is 2.57 bits per heavy atom. The number of aryl methyl sites for hydroxylation is 1. The van der Waals surface area contributed by atoms with Crippen molar-refractivity contribution in [2.75, 3.05) is 11.9 Å². The molecule has 1 amide bonds. The Balaban J connectivity index is 1.71. The summed E-state index contributed by atoms with van der Waals surface area (Å²) < 4.78 is 7.83.